The highest BCUT2D eigenvalue weighted by Crippen LogP contribution is 2.34. The van der Waals surface area contributed by atoms with E-state index in [-0.39, 0.29) is 22.5 Å². The molecule has 148 valence electrons. The van der Waals surface area contributed by atoms with Crippen LogP contribution in [0, 0.1) is 0 Å². The number of nitrogens with zero attached hydrogens (tertiary/aromatic N) is 3. The molecule has 8 nitrogen and oxygen atoms in total. The van der Waals surface area contributed by atoms with Crippen molar-refractivity contribution in [3.05, 3.63) is 40.3 Å². The molecule has 0 spiro atoms. The number of H-pyrrole nitrogens is 1. The van der Waals surface area contributed by atoms with Gasteiger partial charge in [0.05, 0.1) is 16.6 Å². The number of aromatic nitrogens is 3. The van der Waals surface area contributed by atoms with E-state index < -0.39 is 23.8 Å². The molecule has 0 bridgehead atoms. The highest BCUT2D eigenvalue weighted by Gasteiger charge is 2.33. The van der Waals surface area contributed by atoms with Gasteiger partial charge < -0.3 is 19.7 Å². The predicted octanol–water partition coefficient (Wildman–Crippen LogP) is 2.93. The van der Waals surface area contributed by atoms with Crippen LogP contribution >= 0.6 is 0 Å². The van der Waals surface area contributed by atoms with Crippen molar-refractivity contribution in [3.8, 4) is 5.75 Å². The van der Waals surface area contributed by atoms with Gasteiger partial charge in [-0.05, 0) is 25.0 Å². The van der Waals surface area contributed by atoms with Gasteiger partial charge in [0.1, 0.15) is 11.4 Å². The van der Waals surface area contributed by atoms with Crippen LogP contribution in [0.5, 0.6) is 5.75 Å². The van der Waals surface area contributed by atoms with Crippen LogP contribution in [0.3, 0.4) is 0 Å². The number of alkyl halides is 3. The van der Waals surface area contributed by atoms with Crippen molar-refractivity contribution < 1.29 is 27.8 Å². The van der Waals surface area contributed by atoms with Crippen molar-refractivity contribution in [1.82, 2.24) is 19.5 Å². The summed E-state index contributed by atoms with van der Waals surface area (Å²) in [6, 6.07) is 5.43. The number of fused-ring (bicyclic) bond motifs is 3. The lowest BCUT2D eigenvalue weighted by molar-refractivity contribution is -0.274. The number of likely N-dealkylation sites (tertiary alicyclic amines) is 1. The number of amides is 1. The predicted molar refractivity (Wildman–Crippen MR) is 91.6 cm³/mol. The molecule has 1 saturated heterocycles. The van der Waals surface area contributed by atoms with Crippen LogP contribution in [-0.4, -0.2) is 50.1 Å². The monoisotopic (exact) mass is 396 g/mol. The maximum atomic E-state index is 12.8. The molecule has 1 amide bonds. The molecule has 2 N–H and O–H groups in total. The van der Waals surface area contributed by atoms with Crippen molar-refractivity contribution in [3.63, 3.8) is 0 Å². The zero-order valence-corrected chi connectivity index (χ0v) is 14.4. The Morgan fingerprint density at radius 3 is 2.64 bits per heavy atom. The second kappa shape index (κ2) is 6.43. The molecule has 0 aliphatic carbocycles. The summed E-state index contributed by atoms with van der Waals surface area (Å²) in [5.41, 5.74) is 0.399. The van der Waals surface area contributed by atoms with E-state index in [0.717, 1.165) is 6.07 Å². The third-order valence-electron chi connectivity index (χ3n) is 4.84. The van der Waals surface area contributed by atoms with Crippen LogP contribution in [0.1, 0.15) is 24.5 Å². The summed E-state index contributed by atoms with van der Waals surface area (Å²) in [7, 11) is 0. The van der Waals surface area contributed by atoms with Gasteiger partial charge in [0.15, 0.2) is 0 Å². The van der Waals surface area contributed by atoms with Gasteiger partial charge in [0.25, 0.3) is 5.56 Å². The number of carbonyl (C=O) groups is 1. The van der Waals surface area contributed by atoms with Crippen molar-refractivity contribution in [2.45, 2.75) is 25.1 Å². The minimum Gasteiger partial charge on any atom is -0.465 e. The minimum atomic E-state index is -4.88. The summed E-state index contributed by atoms with van der Waals surface area (Å²) < 4.78 is 43.8. The van der Waals surface area contributed by atoms with E-state index in [1.807, 2.05) is 0 Å². The smallest absolute Gasteiger partial charge is 0.465 e. The normalized spacial score (nSPS) is 16.0. The SMILES string of the molecule is O=C(O)N1CCC(c2cc(=O)[nH]c3c4c(OC(F)(F)F)cccc4nn23)CC1. The number of benzene rings is 1. The number of hydrogen-bond donors (Lipinski definition) is 2. The van der Waals surface area contributed by atoms with Gasteiger partial charge in [-0.2, -0.15) is 5.10 Å². The fourth-order valence-electron chi connectivity index (χ4n) is 3.62. The maximum absolute atomic E-state index is 12.8. The van der Waals surface area contributed by atoms with E-state index >= 15 is 0 Å². The molecule has 1 fully saturated rings. The fourth-order valence-corrected chi connectivity index (χ4v) is 3.62. The first-order valence-corrected chi connectivity index (χ1v) is 8.51. The summed E-state index contributed by atoms with van der Waals surface area (Å²) in [4.78, 5) is 27.1. The fraction of sp³-hybridized carbons (Fsp3) is 0.353. The van der Waals surface area contributed by atoms with Gasteiger partial charge in [0, 0.05) is 25.1 Å². The first-order chi connectivity index (χ1) is 13.2. The molecule has 0 saturated carbocycles. The highest BCUT2D eigenvalue weighted by molar-refractivity contribution is 5.97. The number of piperidine rings is 1. The third-order valence-corrected chi connectivity index (χ3v) is 4.84. The van der Waals surface area contributed by atoms with Crippen molar-refractivity contribution in [2.24, 2.45) is 0 Å². The van der Waals surface area contributed by atoms with E-state index in [1.54, 1.807) is 0 Å². The quantitative estimate of drug-likeness (QED) is 0.694. The molecule has 0 atom stereocenters. The molecular weight excluding hydrogens is 381 g/mol. The van der Waals surface area contributed by atoms with Crippen LogP contribution in [0.2, 0.25) is 0 Å². The van der Waals surface area contributed by atoms with E-state index in [9.17, 15) is 22.8 Å². The number of carboxylic acid groups (broad SMARTS) is 1. The number of hydrogen-bond acceptors (Lipinski definition) is 4. The summed E-state index contributed by atoms with van der Waals surface area (Å²) in [6.45, 7) is 0.606. The Labute approximate surface area is 155 Å². The Morgan fingerprint density at radius 1 is 1.29 bits per heavy atom. The lowest BCUT2D eigenvalue weighted by atomic mass is 9.93. The Bertz CT molecular complexity index is 1110. The van der Waals surface area contributed by atoms with Crippen LogP contribution < -0.4 is 10.3 Å². The highest BCUT2D eigenvalue weighted by atomic mass is 19.4. The lowest BCUT2D eigenvalue weighted by Gasteiger charge is -2.30. The molecule has 1 aromatic carbocycles. The molecule has 0 unspecified atom stereocenters. The molecule has 1 aliphatic heterocycles. The number of nitrogens with one attached hydrogen (secondary N) is 1. The third kappa shape index (κ3) is 3.23. The Kier molecular flexibility index (Phi) is 4.16. The minimum absolute atomic E-state index is 0.0572. The summed E-state index contributed by atoms with van der Waals surface area (Å²) in [5, 5.41) is 13.5. The summed E-state index contributed by atoms with van der Waals surface area (Å²) in [5.74, 6) is -0.602. The molecule has 3 heterocycles. The van der Waals surface area contributed by atoms with E-state index in [4.69, 9.17) is 5.11 Å². The molecule has 2 aromatic heterocycles. The van der Waals surface area contributed by atoms with E-state index in [2.05, 4.69) is 14.8 Å². The molecule has 3 aromatic rings. The zero-order valence-electron chi connectivity index (χ0n) is 14.4. The number of ether oxygens (including phenoxy) is 1. The topological polar surface area (TPSA) is 99.9 Å². The standard InChI is InChI=1S/C17H15F3N4O4/c18-17(19,20)28-12-3-1-2-10-14(12)15-21-13(25)8-11(24(15)22-10)9-4-6-23(7-5-9)16(26)27/h1-3,8-9H,4-7H2,(H,21,25)(H,26,27). The number of halogens is 3. The van der Waals surface area contributed by atoms with Crippen LogP contribution in [0.4, 0.5) is 18.0 Å². The Hall–Kier alpha value is -3.24. The number of rotatable bonds is 2. The van der Waals surface area contributed by atoms with Crippen molar-refractivity contribution in [1.29, 1.82) is 0 Å². The van der Waals surface area contributed by atoms with Crippen molar-refractivity contribution >= 4 is 22.6 Å². The Morgan fingerprint density at radius 2 is 2.00 bits per heavy atom. The van der Waals surface area contributed by atoms with Gasteiger partial charge in [-0.25, -0.2) is 9.31 Å². The van der Waals surface area contributed by atoms with Gasteiger partial charge in [-0.15, -0.1) is 13.2 Å². The largest absolute Gasteiger partial charge is 0.573 e. The lowest BCUT2D eigenvalue weighted by Crippen LogP contribution is -2.37. The molecule has 4 rings (SSSR count). The molecule has 1 aliphatic rings. The van der Waals surface area contributed by atoms with Gasteiger partial charge in [-0.3, -0.25) is 4.79 Å². The average molecular weight is 396 g/mol. The van der Waals surface area contributed by atoms with Gasteiger partial charge in [0.2, 0.25) is 0 Å². The second-order valence-electron chi connectivity index (χ2n) is 6.56. The molecule has 11 heteroatoms. The summed E-state index contributed by atoms with van der Waals surface area (Å²) in [6.07, 6.45) is -4.93. The van der Waals surface area contributed by atoms with Crippen LogP contribution in [0.15, 0.2) is 29.1 Å². The first kappa shape index (κ1) is 18.1. The molecular formula is C17H15F3N4O4. The van der Waals surface area contributed by atoms with Crippen LogP contribution in [0.25, 0.3) is 16.6 Å². The number of aromatic amines is 1. The van der Waals surface area contributed by atoms with E-state index in [1.165, 1.54) is 27.6 Å². The zero-order chi connectivity index (χ0) is 20.1. The van der Waals surface area contributed by atoms with Gasteiger partial charge in [-0.1, -0.05) is 6.07 Å². The first-order valence-electron chi connectivity index (χ1n) is 8.51. The molecule has 28 heavy (non-hydrogen) atoms. The molecule has 0 radical (unpaired) electrons. The summed E-state index contributed by atoms with van der Waals surface area (Å²) >= 11 is 0. The maximum Gasteiger partial charge on any atom is 0.573 e. The van der Waals surface area contributed by atoms with E-state index in [0.29, 0.717) is 31.6 Å². The Balaban J connectivity index is 1.84. The average Bonchev–Trinajstić information content (AvgIpc) is 2.99. The van der Waals surface area contributed by atoms with Crippen molar-refractivity contribution in [2.75, 3.05) is 13.1 Å². The second-order valence-corrected chi connectivity index (χ2v) is 6.56. The van der Waals surface area contributed by atoms with Gasteiger partial charge >= 0.3 is 12.5 Å². The van der Waals surface area contributed by atoms with Crippen LogP contribution in [-0.2, 0) is 0 Å².